The van der Waals surface area contributed by atoms with Gasteiger partial charge >= 0.3 is 0 Å². The number of nitrogens with zero attached hydrogens (tertiary/aromatic N) is 2. The molecule has 0 bridgehead atoms. The molecule has 0 spiro atoms. The molecule has 0 radical (unpaired) electrons. The lowest BCUT2D eigenvalue weighted by Gasteiger charge is -2.12. The predicted molar refractivity (Wildman–Crippen MR) is 118 cm³/mol. The quantitative estimate of drug-likeness (QED) is 0.409. The number of benzene rings is 3. The third kappa shape index (κ3) is 4.41. The molecule has 0 aliphatic heterocycles. The highest BCUT2D eigenvalue weighted by Crippen LogP contribution is 2.28. The van der Waals surface area contributed by atoms with E-state index in [1.165, 1.54) is 26.8 Å². The molecule has 1 heterocycles. The first-order valence-corrected chi connectivity index (χ1v) is 10.3. The number of aromatic nitrogens is 1. The van der Waals surface area contributed by atoms with Crippen LogP contribution in [0, 0.1) is 0 Å². The van der Waals surface area contributed by atoms with Crippen LogP contribution in [0.1, 0.15) is 10.6 Å². The van der Waals surface area contributed by atoms with Crippen LogP contribution < -0.4 is 4.74 Å². The number of thiazole rings is 1. The molecule has 28 heavy (non-hydrogen) atoms. The molecule has 0 fully saturated rings. The number of likely N-dealkylation sites (N-methyl/N-ethyl adjacent to an activating group) is 1. The van der Waals surface area contributed by atoms with Crippen molar-refractivity contribution >= 4 is 22.1 Å². The normalized spacial score (nSPS) is 11.2. The van der Waals surface area contributed by atoms with E-state index in [2.05, 4.69) is 72.5 Å². The zero-order chi connectivity index (χ0) is 19.3. The Morgan fingerprint density at radius 3 is 2.64 bits per heavy atom. The largest absolute Gasteiger partial charge is 0.486 e. The van der Waals surface area contributed by atoms with Gasteiger partial charge in [-0.3, -0.25) is 0 Å². The van der Waals surface area contributed by atoms with Crippen molar-refractivity contribution in [3.8, 4) is 16.2 Å². The zero-order valence-electron chi connectivity index (χ0n) is 16.3. The predicted octanol–water partition coefficient (Wildman–Crippen LogP) is 5.65. The van der Waals surface area contributed by atoms with E-state index in [0.29, 0.717) is 6.61 Å². The molecule has 0 aliphatic carbocycles. The van der Waals surface area contributed by atoms with Gasteiger partial charge in [-0.25, -0.2) is 4.98 Å². The minimum Gasteiger partial charge on any atom is -0.486 e. The van der Waals surface area contributed by atoms with Crippen molar-refractivity contribution in [1.29, 1.82) is 0 Å². The van der Waals surface area contributed by atoms with E-state index in [-0.39, 0.29) is 0 Å². The summed E-state index contributed by atoms with van der Waals surface area (Å²) < 4.78 is 6.03. The Labute approximate surface area is 170 Å². The molecule has 0 atom stereocenters. The highest BCUT2D eigenvalue weighted by atomic mass is 32.1. The number of hydrogen-bond donors (Lipinski definition) is 0. The van der Waals surface area contributed by atoms with Crippen LogP contribution in [0.3, 0.4) is 0 Å². The molecule has 0 saturated carbocycles. The van der Waals surface area contributed by atoms with E-state index in [4.69, 9.17) is 4.74 Å². The molecule has 4 rings (SSSR count). The highest BCUT2D eigenvalue weighted by Gasteiger charge is 2.07. The number of rotatable bonds is 7. The maximum absolute atomic E-state index is 6.03. The summed E-state index contributed by atoms with van der Waals surface area (Å²) in [5.74, 6) is 0.883. The zero-order valence-corrected chi connectivity index (χ0v) is 17.1. The minimum atomic E-state index is 0.489. The van der Waals surface area contributed by atoms with Gasteiger partial charge in [0.25, 0.3) is 0 Å². The van der Waals surface area contributed by atoms with Crippen molar-refractivity contribution in [3.63, 3.8) is 0 Å². The second-order valence-electron chi connectivity index (χ2n) is 7.13. The SMILES string of the molecule is CN(C)CCc1cccc2cc(OCc3ncc(-c4ccccc4)s3)ccc12. The van der Waals surface area contributed by atoms with Gasteiger partial charge in [0.2, 0.25) is 0 Å². The van der Waals surface area contributed by atoms with Crippen molar-refractivity contribution in [2.24, 2.45) is 0 Å². The van der Waals surface area contributed by atoms with Crippen LogP contribution in [-0.2, 0) is 13.0 Å². The molecule has 4 aromatic rings. The number of hydrogen-bond acceptors (Lipinski definition) is 4. The lowest BCUT2D eigenvalue weighted by atomic mass is 10.0. The van der Waals surface area contributed by atoms with E-state index in [0.717, 1.165) is 23.7 Å². The Bertz CT molecular complexity index is 1060. The molecular weight excluding hydrogens is 364 g/mol. The van der Waals surface area contributed by atoms with Crippen LogP contribution in [0.2, 0.25) is 0 Å². The van der Waals surface area contributed by atoms with Gasteiger partial charge in [0.15, 0.2) is 0 Å². The Hall–Kier alpha value is -2.69. The van der Waals surface area contributed by atoms with E-state index in [1.54, 1.807) is 11.3 Å². The van der Waals surface area contributed by atoms with Crippen molar-refractivity contribution in [2.45, 2.75) is 13.0 Å². The van der Waals surface area contributed by atoms with E-state index in [9.17, 15) is 0 Å². The molecule has 3 nitrogen and oxygen atoms in total. The molecule has 0 unspecified atom stereocenters. The summed E-state index contributed by atoms with van der Waals surface area (Å²) in [4.78, 5) is 7.90. The molecule has 3 aromatic carbocycles. The fraction of sp³-hybridized carbons (Fsp3) is 0.208. The van der Waals surface area contributed by atoms with Crippen LogP contribution in [0.15, 0.2) is 72.9 Å². The summed E-state index contributed by atoms with van der Waals surface area (Å²) in [5.41, 5.74) is 2.58. The Balaban J connectivity index is 1.46. The van der Waals surface area contributed by atoms with Crippen LogP contribution in [0.4, 0.5) is 0 Å². The monoisotopic (exact) mass is 388 g/mol. The fourth-order valence-electron chi connectivity index (χ4n) is 3.24. The maximum atomic E-state index is 6.03. The summed E-state index contributed by atoms with van der Waals surface area (Å²) in [7, 11) is 4.22. The number of fused-ring (bicyclic) bond motifs is 1. The van der Waals surface area contributed by atoms with Crippen LogP contribution in [0.25, 0.3) is 21.2 Å². The topological polar surface area (TPSA) is 25.4 Å². The van der Waals surface area contributed by atoms with E-state index >= 15 is 0 Å². The summed E-state index contributed by atoms with van der Waals surface area (Å²) in [6.07, 6.45) is 2.97. The van der Waals surface area contributed by atoms with Crippen LogP contribution >= 0.6 is 11.3 Å². The summed E-state index contributed by atoms with van der Waals surface area (Å²) in [6.45, 7) is 1.54. The van der Waals surface area contributed by atoms with Gasteiger partial charge in [0, 0.05) is 12.7 Å². The Morgan fingerprint density at radius 2 is 1.82 bits per heavy atom. The molecule has 0 N–H and O–H groups in total. The second kappa shape index (κ2) is 8.55. The standard InChI is InChI=1S/C24H24N2OS/c1-26(2)14-13-18-9-6-10-20-15-21(11-12-22(18)20)27-17-24-25-16-23(28-24)19-7-4-3-5-8-19/h3-12,15-16H,13-14,17H2,1-2H3. The Morgan fingerprint density at radius 1 is 0.964 bits per heavy atom. The van der Waals surface area contributed by atoms with E-state index in [1.807, 2.05) is 24.4 Å². The smallest absolute Gasteiger partial charge is 0.140 e. The van der Waals surface area contributed by atoms with Gasteiger partial charge in [0.05, 0.1) is 4.88 Å². The van der Waals surface area contributed by atoms with Gasteiger partial charge in [0.1, 0.15) is 17.4 Å². The van der Waals surface area contributed by atoms with Crippen molar-refractivity contribution in [2.75, 3.05) is 20.6 Å². The molecule has 1 aromatic heterocycles. The summed E-state index contributed by atoms with van der Waals surface area (Å²) in [5, 5.41) is 3.51. The van der Waals surface area contributed by atoms with Gasteiger partial charge < -0.3 is 9.64 Å². The molecule has 0 saturated heterocycles. The highest BCUT2D eigenvalue weighted by molar-refractivity contribution is 7.15. The average molecular weight is 389 g/mol. The average Bonchev–Trinajstić information content (AvgIpc) is 3.20. The molecular formula is C24H24N2OS. The second-order valence-corrected chi connectivity index (χ2v) is 8.24. The lowest BCUT2D eigenvalue weighted by Crippen LogP contribution is -2.15. The Kier molecular flexibility index (Phi) is 5.70. The van der Waals surface area contributed by atoms with Crippen molar-refractivity contribution in [3.05, 3.63) is 83.5 Å². The third-order valence-electron chi connectivity index (χ3n) is 4.74. The van der Waals surface area contributed by atoms with Gasteiger partial charge in [-0.1, -0.05) is 54.6 Å². The molecule has 142 valence electrons. The summed E-state index contributed by atoms with van der Waals surface area (Å²) in [6, 6.07) is 23.2. The molecule has 0 amide bonds. The minimum absolute atomic E-state index is 0.489. The first kappa shape index (κ1) is 18.7. The molecule has 4 heteroatoms. The fourth-order valence-corrected chi connectivity index (χ4v) is 4.08. The van der Waals surface area contributed by atoms with Crippen molar-refractivity contribution in [1.82, 2.24) is 9.88 Å². The van der Waals surface area contributed by atoms with Gasteiger partial charge in [-0.05, 0) is 54.5 Å². The van der Waals surface area contributed by atoms with Gasteiger partial charge in [-0.15, -0.1) is 11.3 Å². The first-order valence-electron chi connectivity index (χ1n) is 9.48. The molecule has 0 aliphatic rings. The van der Waals surface area contributed by atoms with Gasteiger partial charge in [-0.2, -0.15) is 0 Å². The summed E-state index contributed by atoms with van der Waals surface area (Å²) >= 11 is 1.68. The van der Waals surface area contributed by atoms with Crippen LogP contribution in [0.5, 0.6) is 5.75 Å². The van der Waals surface area contributed by atoms with Crippen molar-refractivity contribution < 1.29 is 4.74 Å². The van der Waals surface area contributed by atoms with Crippen LogP contribution in [-0.4, -0.2) is 30.5 Å². The first-order chi connectivity index (χ1) is 13.7. The number of ether oxygens (including phenoxy) is 1. The maximum Gasteiger partial charge on any atom is 0.140 e. The third-order valence-corrected chi connectivity index (χ3v) is 5.76. The lowest BCUT2D eigenvalue weighted by molar-refractivity contribution is 0.306. The van der Waals surface area contributed by atoms with E-state index < -0.39 is 0 Å².